The highest BCUT2D eigenvalue weighted by atomic mass is 15.0. The highest BCUT2D eigenvalue weighted by Gasteiger charge is 2.21. The van der Waals surface area contributed by atoms with Gasteiger partial charge in [0.25, 0.3) is 0 Å². The van der Waals surface area contributed by atoms with E-state index in [4.69, 9.17) is 0 Å². The molecule has 0 saturated heterocycles. The molecule has 1 aliphatic rings. The van der Waals surface area contributed by atoms with Crippen molar-refractivity contribution >= 4 is 5.82 Å². The lowest BCUT2D eigenvalue weighted by atomic mass is 9.86. The highest BCUT2D eigenvalue weighted by molar-refractivity contribution is 5.38. The summed E-state index contributed by atoms with van der Waals surface area (Å²) in [6.07, 6.45) is 7.37. The number of aromatic nitrogens is 1. The van der Waals surface area contributed by atoms with Crippen LogP contribution >= 0.6 is 0 Å². The molecule has 0 radical (unpaired) electrons. The number of rotatable bonds is 2. The lowest BCUT2D eigenvalue weighted by molar-refractivity contribution is 0.349. The van der Waals surface area contributed by atoms with E-state index in [9.17, 15) is 0 Å². The molecule has 0 aromatic carbocycles. The Balaban J connectivity index is 2.02. The molecule has 2 nitrogen and oxygen atoms in total. The van der Waals surface area contributed by atoms with Gasteiger partial charge in [-0.25, -0.2) is 4.98 Å². The molecule has 0 bridgehead atoms. The van der Waals surface area contributed by atoms with E-state index in [1.807, 2.05) is 6.20 Å². The molecular weight excluding hydrogens is 220 g/mol. The van der Waals surface area contributed by atoms with E-state index in [1.165, 1.54) is 31.2 Å². The monoisotopic (exact) mass is 246 g/mol. The van der Waals surface area contributed by atoms with Crippen molar-refractivity contribution in [3.8, 4) is 0 Å². The predicted octanol–water partition coefficient (Wildman–Crippen LogP) is 4.37. The van der Waals surface area contributed by atoms with Crippen molar-refractivity contribution in [2.75, 3.05) is 5.32 Å². The van der Waals surface area contributed by atoms with Crippen molar-refractivity contribution in [3.63, 3.8) is 0 Å². The van der Waals surface area contributed by atoms with Crippen LogP contribution in [-0.4, -0.2) is 11.0 Å². The Morgan fingerprint density at radius 1 is 1.17 bits per heavy atom. The molecule has 1 aliphatic carbocycles. The zero-order valence-electron chi connectivity index (χ0n) is 12.2. The summed E-state index contributed by atoms with van der Waals surface area (Å²) in [6, 6.07) is 4.93. The van der Waals surface area contributed by atoms with Gasteiger partial charge in [-0.15, -0.1) is 0 Å². The standard InChI is InChI=1S/C16H26N2/c1-12-7-5-6-8-14(12)18-15-10-9-13(11-17-15)16(2,3)4/h9-12,14H,5-8H2,1-4H3,(H,17,18). The van der Waals surface area contributed by atoms with Gasteiger partial charge >= 0.3 is 0 Å². The van der Waals surface area contributed by atoms with Crippen molar-refractivity contribution in [2.45, 2.75) is 64.8 Å². The summed E-state index contributed by atoms with van der Waals surface area (Å²) in [6.45, 7) is 9.02. The van der Waals surface area contributed by atoms with Gasteiger partial charge in [0, 0.05) is 12.2 Å². The molecule has 0 aliphatic heterocycles. The van der Waals surface area contributed by atoms with Crippen molar-refractivity contribution < 1.29 is 0 Å². The van der Waals surface area contributed by atoms with Crippen LogP contribution in [0, 0.1) is 5.92 Å². The molecule has 2 atom stereocenters. The van der Waals surface area contributed by atoms with Crippen molar-refractivity contribution in [3.05, 3.63) is 23.9 Å². The van der Waals surface area contributed by atoms with Gasteiger partial charge < -0.3 is 5.32 Å². The van der Waals surface area contributed by atoms with Gasteiger partial charge in [-0.3, -0.25) is 0 Å². The van der Waals surface area contributed by atoms with Crippen LogP contribution in [0.25, 0.3) is 0 Å². The Morgan fingerprint density at radius 3 is 2.44 bits per heavy atom. The number of pyridine rings is 1. The lowest BCUT2D eigenvalue weighted by Gasteiger charge is -2.30. The van der Waals surface area contributed by atoms with Crippen molar-refractivity contribution in [2.24, 2.45) is 5.92 Å². The van der Waals surface area contributed by atoms with E-state index in [0.717, 1.165) is 11.7 Å². The van der Waals surface area contributed by atoms with Crippen molar-refractivity contribution in [1.82, 2.24) is 4.98 Å². The molecular formula is C16H26N2. The van der Waals surface area contributed by atoms with E-state index < -0.39 is 0 Å². The maximum atomic E-state index is 4.56. The normalized spacial score (nSPS) is 24.9. The number of anilines is 1. The molecule has 1 aromatic rings. The Hall–Kier alpha value is -1.05. The van der Waals surface area contributed by atoms with Gasteiger partial charge in [-0.2, -0.15) is 0 Å². The molecule has 0 amide bonds. The van der Waals surface area contributed by atoms with E-state index in [-0.39, 0.29) is 5.41 Å². The summed E-state index contributed by atoms with van der Waals surface area (Å²) >= 11 is 0. The first kappa shape index (κ1) is 13.4. The number of hydrogen-bond donors (Lipinski definition) is 1. The first-order valence-corrected chi connectivity index (χ1v) is 7.20. The fourth-order valence-electron chi connectivity index (χ4n) is 2.64. The molecule has 1 saturated carbocycles. The minimum Gasteiger partial charge on any atom is -0.367 e. The number of nitrogens with one attached hydrogen (secondary N) is 1. The second-order valence-corrected chi connectivity index (χ2v) is 6.69. The molecule has 1 heterocycles. The Morgan fingerprint density at radius 2 is 1.89 bits per heavy atom. The summed E-state index contributed by atoms with van der Waals surface area (Å²) in [5.74, 6) is 1.80. The average molecular weight is 246 g/mol. The predicted molar refractivity (Wildman–Crippen MR) is 78.0 cm³/mol. The molecule has 18 heavy (non-hydrogen) atoms. The topological polar surface area (TPSA) is 24.9 Å². The summed E-state index contributed by atoms with van der Waals surface area (Å²) in [4.78, 5) is 4.56. The van der Waals surface area contributed by atoms with Crippen LogP contribution in [0.3, 0.4) is 0 Å². The van der Waals surface area contributed by atoms with Crippen LogP contribution in [0.15, 0.2) is 18.3 Å². The van der Waals surface area contributed by atoms with Crippen molar-refractivity contribution in [1.29, 1.82) is 0 Å². The van der Waals surface area contributed by atoms with Gasteiger partial charge in [-0.05, 0) is 35.8 Å². The molecule has 100 valence electrons. The smallest absolute Gasteiger partial charge is 0.126 e. The zero-order valence-corrected chi connectivity index (χ0v) is 12.2. The SMILES string of the molecule is CC1CCCCC1Nc1ccc(C(C)(C)C)cn1. The number of nitrogens with zero attached hydrogens (tertiary/aromatic N) is 1. The minimum atomic E-state index is 0.184. The zero-order chi connectivity index (χ0) is 13.2. The van der Waals surface area contributed by atoms with Crippen LogP contribution in [0.5, 0.6) is 0 Å². The Kier molecular flexibility index (Phi) is 3.94. The van der Waals surface area contributed by atoms with Crippen LogP contribution in [0.1, 0.15) is 58.9 Å². The summed E-state index contributed by atoms with van der Waals surface area (Å²) < 4.78 is 0. The van der Waals surface area contributed by atoms with E-state index >= 15 is 0 Å². The largest absolute Gasteiger partial charge is 0.367 e. The highest BCUT2D eigenvalue weighted by Crippen LogP contribution is 2.27. The molecule has 2 unspecified atom stereocenters. The Bertz CT molecular complexity index is 375. The first-order chi connectivity index (χ1) is 8.47. The lowest BCUT2D eigenvalue weighted by Crippen LogP contribution is -2.30. The fraction of sp³-hybridized carbons (Fsp3) is 0.688. The fourth-order valence-corrected chi connectivity index (χ4v) is 2.64. The maximum absolute atomic E-state index is 4.56. The average Bonchev–Trinajstić information content (AvgIpc) is 2.32. The van der Waals surface area contributed by atoms with Crippen LogP contribution < -0.4 is 5.32 Å². The summed E-state index contributed by atoms with van der Waals surface area (Å²) in [7, 11) is 0. The quantitative estimate of drug-likeness (QED) is 0.838. The maximum Gasteiger partial charge on any atom is 0.126 e. The molecule has 2 heteroatoms. The van der Waals surface area contributed by atoms with Gasteiger partial charge in [0.15, 0.2) is 0 Å². The molecule has 2 rings (SSSR count). The third-order valence-electron chi connectivity index (χ3n) is 4.07. The summed E-state index contributed by atoms with van der Waals surface area (Å²) in [5, 5.41) is 3.60. The molecule has 0 spiro atoms. The first-order valence-electron chi connectivity index (χ1n) is 7.20. The van der Waals surface area contributed by atoms with E-state index in [0.29, 0.717) is 6.04 Å². The van der Waals surface area contributed by atoms with Gasteiger partial charge in [0.2, 0.25) is 0 Å². The second-order valence-electron chi connectivity index (χ2n) is 6.69. The third kappa shape index (κ3) is 3.24. The van der Waals surface area contributed by atoms with Crippen LogP contribution in [-0.2, 0) is 5.41 Å². The second kappa shape index (κ2) is 5.29. The Labute approximate surface area is 111 Å². The van der Waals surface area contributed by atoms with Crippen LogP contribution in [0.4, 0.5) is 5.82 Å². The number of hydrogen-bond acceptors (Lipinski definition) is 2. The van der Waals surface area contributed by atoms with E-state index in [2.05, 4.69) is 50.1 Å². The van der Waals surface area contributed by atoms with Gasteiger partial charge in [0.1, 0.15) is 5.82 Å². The minimum absolute atomic E-state index is 0.184. The van der Waals surface area contributed by atoms with Crippen LogP contribution in [0.2, 0.25) is 0 Å². The third-order valence-corrected chi connectivity index (χ3v) is 4.07. The van der Waals surface area contributed by atoms with E-state index in [1.54, 1.807) is 0 Å². The summed E-state index contributed by atoms with van der Waals surface area (Å²) in [5.41, 5.74) is 1.48. The molecule has 1 fully saturated rings. The molecule has 1 aromatic heterocycles. The van der Waals surface area contributed by atoms with Gasteiger partial charge in [-0.1, -0.05) is 46.6 Å². The van der Waals surface area contributed by atoms with Gasteiger partial charge in [0.05, 0.1) is 0 Å². The molecule has 1 N–H and O–H groups in total.